The summed E-state index contributed by atoms with van der Waals surface area (Å²) in [6, 6.07) is 12.8. The maximum Gasteiger partial charge on any atom is 0.0603 e. The third-order valence-electron chi connectivity index (χ3n) is 3.00. The van der Waals surface area contributed by atoms with Gasteiger partial charge in [0.25, 0.3) is 0 Å². The van der Waals surface area contributed by atoms with Crippen molar-refractivity contribution < 1.29 is 0 Å². The molecular weight excluding hydrogens is 288 g/mol. The molecule has 0 aliphatic heterocycles. The van der Waals surface area contributed by atoms with E-state index in [1.165, 1.54) is 5.56 Å². The van der Waals surface area contributed by atoms with Gasteiger partial charge in [-0.05, 0) is 43.2 Å². The highest BCUT2D eigenvalue weighted by Gasteiger charge is 2.10. The number of anilines is 1. The second kappa shape index (κ2) is 6.01. The molecule has 18 heavy (non-hydrogen) atoms. The third-order valence-corrected chi connectivity index (χ3v) is 3.49. The van der Waals surface area contributed by atoms with Crippen LogP contribution in [-0.4, -0.2) is 4.98 Å². The van der Waals surface area contributed by atoms with Crippen LogP contribution in [0, 0.1) is 6.92 Å². The number of aromatic nitrogens is 1. The summed E-state index contributed by atoms with van der Waals surface area (Å²) in [5.74, 6) is 0. The first-order valence-corrected chi connectivity index (χ1v) is 6.93. The standard InChI is InChI=1S/C15H17BrN2/c1-3-14(12-6-4-7-13(16)10-12)18-15-8-5-9-17-11(15)2/h4-10,14,18H,3H2,1-2H3. The van der Waals surface area contributed by atoms with Gasteiger partial charge in [-0.1, -0.05) is 35.0 Å². The van der Waals surface area contributed by atoms with Gasteiger partial charge in [0, 0.05) is 10.7 Å². The molecule has 0 spiro atoms. The molecule has 94 valence electrons. The molecule has 0 saturated carbocycles. The number of nitrogens with zero attached hydrogens (tertiary/aromatic N) is 1. The van der Waals surface area contributed by atoms with E-state index in [2.05, 4.69) is 57.4 Å². The van der Waals surface area contributed by atoms with Crippen molar-refractivity contribution in [1.82, 2.24) is 4.98 Å². The van der Waals surface area contributed by atoms with Crippen molar-refractivity contribution in [1.29, 1.82) is 0 Å². The molecule has 2 rings (SSSR count). The summed E-state index contributed by atoms with van der Waals surface area (Å²) in [4.78, 5) is 4.31. The largest absolute Gasteiger partial charge is 0.377 e. The topological polar surface area (TPSA) is 24.9 Å². The summed E-state index contributed by atoms with van der Waals surface area (Å²) in [6.07, 6.45) is 2.85. The average Bonchev–Trinajstić information content (AvgIpc) is 2.38. The van der Waals surface area contributed by atoms with Crippen LogP contribution in [0.5, 0.6) is 0 Å². The fourth-order valence-electron chi connectivity index (χ4n) is 1.97. The first-order valence-electron chi connectivity index (χ1n) is 6.14. The first kappa shape index (κ1) is 13.1. The zero-order valence-corrected chi connectivity index (χ0v) is 12.2. The number of hydrogen-bond donors (Lipinski definition) is 1. The average molecular weight is 305 g/mol. The molecule has 1 heterocycles. The van der Waals surface area contributed by atoms with Crippen LogP contribution in [-0.2, 0) is 0 Å². The molecule has 1 unspecified atom stereocenters. The van der Waals surface area contributed by atoms with Crippen LogP contribution in [0.4, 0.5) is 5.69 Å². The van der Waals surface area contributed by atoms with Gasteiger partial charge in [-0.3, -0.25) is 4.98 Å². The van der Waals surface area contributed by atoms with Crippen molar-refractivity contribution in [2.24, 2.45) is 0 Å². The first-order chi connectivity index (χ1) is 8.70. The zero-order chi connectivity index (χ0) is 13.0. The minimum absolute atomic E-state index is 0.311. The number of rotatable bonds is 4. The van der Waals surface area contributed by atoms with E-state index < -0.39 is 0 Å². The van der Waals surface area contributed by atoms with Gasteiger partial charge in [-0.2, -0.15) is 0 Å². The molecule has 0 amide bonds. The van der Waals surface area contributed by atoms with Crippen LogP contribution in [0.25, 0.3) is 0 Å². The van der Waals surface area contributed by atoms with Gasteiger partial charge in [0.05, 0.1) is 17.4 Å². The normalized spacial score (nSPS) is 12.2. The van der Waals surface area contributed by atoms with Crippen LogP contribution in [0.15, 0.2) is 47.1 Å². The molecule has 1 aromatic carbocycles. The van der Waals surface area contributed by atoms with E-state index in [1.54, 1.807) is 0 Å². The van der Waals surface area contributed by atoms with Crippen LogP contribution in [0.1, 0.15) is 30.6 Å². The molecular formula is C15H17BrN2. The Labute approximate surface area is 117 Å². The minimum atomic E-state index is 0.311. The lowest BCUT2D eigenvalue weighted by molar-refractivity contribution is 0.747. The zero-order valence-electron chi connectivity index (χ0n) is 10.7. The summed E-state index contributed by atoms with van der Waals surface area (Å²) >= 11 is 3.52. The van der Waals surface area contributed by atoms with E-state index >= 15 is 0 Å². The van der Waals surface area contributed by atoms with Crippen LogP contribution in [0.3, 0.4) is 0 Å². The second-order valence-electron chi connectivity index (χ2n) is 4.30. The van der Waals surface area contributed by atoms with Gasteiger partial charge in [0.1, 0.15) is 0 Å². The second-order valence-corrected chi connectivity index (χ2v) is 5.21. The van der Waals surface area contributed by atoms with Gasteiger partial charge in [0.2, 0.25) is 0 Å². The number of halogens is 1. The Hall–Kier alpha value is -1.35. The van der Waals surface area contributed by atoms with E-state index in [0.717, 1.165) is 22.3 Å². The molecule has 0 aliphatic rings. The molecule has 2 nitrogen and oxygen atoms in total. The van der Waals surface area contributed by atoms with Crippen molar-refractivity contribution >= 4 is 21.6 Å². The molecule has 1 atom stereocenters. The SMILES string of the molecule is CCC(Nc1cccnc1C)c1cccc(Br)c1. The maximum atomic E-state index is 4.31. The molecule has 0 radical (unpaired) electrons. The number of nitrogens with one attached hydrogen (secondary N) is 1. The molecule has 0 aliphatic carbocycles. The van der Waals surface area contributed by atoms with Gasteiger partial charge in [0.15, 0.2) is 0 Å². The van der Waals surface area contributed by atoms with Gasteiger partial charge in [-0.25, -0.2) is 0 Å². The molecule has 2 aromatic rings. The summed E-state index contributed by atoms with van der Waals surface area (Å²) < 4.78 is 1.11. The van der Waals surface area contributed by atoms with Crippen molar-refractivity contribution in [2.75, 3.05) is 5.32 Å². The number of aryl methyl sites for hydroxylation is 1. The van der Waals surface area contributed by atoms with Crippen molar-refractivity contribution in [3.63, 3.8) is 0 Å². The predicted molar refractivity (Wildman–Crippen MR) is 79.8 cm³/mol. The fraction of sp³-hybridized carbons (Fsp3) is 0.267. The van der Waals surface area contributed by atoms with E-state index in [4.69, 9.17) is 0 Å². The number of benzene rings is 1. The van der Waals surface area contributed by atoms with Gasteiger partial charge >= 0.3 is 0 Å². The summed E-state index contributed by atoms with van der Waals surface area (Å²) in [6.45, 7) is 4.21. The van der Waals surface area contributed by atoms with Crippen molar-refractivity contribution in [3.05, 3.63) is 58.3 Å². The van der Waals surface area contributed by atoms with Gasteiger partial charge in [-0.15, -0.1) is 0 Å². The van der Waals surface area contributed by atoms with Crippen molar-refractivity contribution in [2.45, 2.75) is 26.3 Å². The Morgan fingerprint density at radius 2 is 2.11 bits per heavy atom. The predicted octanol–water partition coefficient (Wildman–Crippen LogP) is 4.72. The Morgan fingerprint density at radius 3 is 2.78 bits per heavy atom. The maximum absolute atomic E-state index is 4.31. The lowest BCUT2D eigenvalue weighted by Gasteiger charge is -2.20. The summed E-state index contributed by atoms with van der Waals surface area (Å²) in [5.41, 5.74) is 3.42. The molecule has 0 fully saturated rings. The summed E-state index contributed by atoms with van der Waals surface area (Å²) in [5, 5.41) is 3.56. The Bertz CT molecular complexity index is 525. The highest BCUT2D eigenvalue weighted by molar-refractivity contribution is 9.10. The molecule has 0 saturated heterocycles. The van der Waals surface area contributed by atoms with E-state index in [9.17, 15) is 0 Å². The smallest absolute Gasteiger partial charge is 0.0603 e. The van der Waals surface area contributed by atoms with E-state index in [0.29, 0.717) is 6.04 Å². The Kier molecular flexibility index (Phi) is 4.37. The highest BCUT2D eigenvalue weighted by Crippen LogP contribution is 2.25. The van der Waals surface area contributed by atoms with Crippen LogP contribution in [0.2, 0.25) is 0 Å². The van der Waals surface area contributed by atoms with E-state index in [1.807, 2.05) is 25.3 Å². The van der Waals surface area contributed by atoms with E-state index in [-0.39, 0.29) is 0 Å². The lowest BCUT2D eigenvalue weighted by Crippen LogP contribution is -2.10. The van der Waals surface area contributed by atoms with Crippen LogP contribution >= 0.6 is 15.9 Å². The molecule has 1 aromatic heterocycles. The monoisotopic (exact) mass is 304 g/mol. The molecule has 3 heteroatoms. The fourth-order valence-corrected chi connectivity index (χ4v) is 2.39. The molecule has 1 N–H and O–H groups in total. The van der Waals surface area contributed by atoms with Gasteiger partial charge < -0.3 is 5.32 Å². The quantitative estimate of drug-likeness (QED) is 0.884. The third kappa shape index (κ3) is 3.10. The Balaban J connectivity index is 2.23. The number of hydrogen-bond acceptors (Lipinski definition) is 2. The minimum Gasteiger partial charge on any atom is -0.377 e. The summed E-state index contributed by atoms with van der Waals surface area (Å²) in [7, 11) is 0. The highest BCUT2D eigenvalue weighted by atomic mass is 79.9. The number of pyridine rings is 1. The Morgan fingerprint density at radius 1 is 1.28 bits per heavy atom. The molecule has 0 bridgehead atoms. The van der Waals surface area contributed by atoms with Crippen molar-refractivity contribution in [3.8, 4) is 0 Å². The lowest BCUT2D eigenvalue weighted by atomic mass is 10.0. The van der Waals surface area contributed by atoms with Crippen LogP contribution < -0.4 is 5.32 Å².